The summed E-state index contributed by atoms with van der Waals surface area (Å²) in [7, 11) is 0. The van der Waals surface area contributed by atoms with Gasteiger partial charge in [-0.3, -0.25) is 0 Å². The SMILES string of the molecule is BrCCCCCSc1ccc(/C=C/c2ccccc2)cc1. The topological polar surface area (TPSA) is 0 Å². The van der Waals surface area contributed by atoms with E-state index in [1.807, 2.05) is 17.8 Å². The molecule has 0 atom stereocenters. The van der Waals surface area contributed by atoms with Gasteiger partial charge in [0.1, 0.15) is 0 Å². The third kappa shape index (κ3) is 6.54. The van der Waals surface area contributed by atoms with Crippen LogP contribution in [0, 0.1) is 0 Å². The van der Waals surface area contributed by atoms with Crippen LogP contribution in [-0.4, -0.2) is 11.1 Å². The van der Waals surface area contributed by atoms with Crippen molar-refractivity contribution in [1.29, 1.82) is 0 Å². The van der Waals surface area contributed by atoms with Crippen molar-refractivity contribution in [2.75, 3.05) is 11.1 Å². The molecule has 0 radical (unpaired) electrons. The maximum Gasteiger partial charge on any atom is 0.00723 e. The minimum absolute atomic E-state index is 1.13. The van der Waals surface area contributed by atoms with Crippen molar-refractivity contribution in [3.8, 4) is 0 Å². The summed E-state index contributed by atoms with van der Waals surface area (Å²) in [6.45, 7) is 0. The molecule has 0 saturated carbocycles. The summed E-state index contributed by atoms with van der Waals surface area (Å²) in [4.78, 5) is 1.37. The number of thioether (sulfide) groups is 1. The molecule has 2 aromatic carbocycles. The van der Waals surface area contributed by atoms with Gasteiger partial charge < -0.3 is 0 Å². The molecular weight excluding hydrogens is 340 g/mol. The second kappa shape index (κ2) is 9.86. The highest BCUT2D eigenvalue weighted by Crippen LogP contribution is 2.21. The largest absolute Gasteiger partial charge is 0.126 e. The number of unbranched alkanes of at least 4 members (excludes halogenated alkanes) is 2. The van der Waals surface area contributed by atoms with E-state index in [9.17, 15) is 0 Å². The molecule has 2 aromatic rings. The lowest BCUT2D eigenvalue weighted by molar-refractivity contribution is 0.788. The number of hydrogen-bond donors (Lipinski definition) is 0. The van der Waals surface area contributed by atoms with E-state index < -0.39 is 0 Å². The standard InChI is InChI=1S/C19H21BrS/c20-15-5-2-6-16-21-19-13-11-18(12-14-19)10-9-17-7-3-1-4-8-17/h1,3-4,7-14H,2,5-6,15-16H2/b10-9+. The molecule has 0 heterocycles. The first-order valence-electron chi connectivity index (χ1n) is 7.40. The maximum absolute atomic E-state index is 3.47. The lowest BCUT2D eigenvalue weighted by Crippen LogP contribution is -1.82. The van der Waals surface area contributed by atoms with Crippen LogP contribution in [0.15, 0.2) is 59.5 Å². The van der Waals surface area contributed by atoms with Gasteiger partial charge in [0.25, 0.3) is 0 Å². The van der Waals surface area contributed by atoms with E-state index in [0.29, 0.717) is 0 Å². The molecular formula is C19H21BrS. The third-order valence-electron chi connectivity index (χ3n) is 3.19. The molecule has 0 N–H and O–H groups in total. The van der Waals surface area contributed by atoms with E-state index in [2.05, 4.69) is 76.6 Å². The average Bonchev–Trinajstić information content (AvgIpc) is 2.55. The van der Waals surface area contributed by atoms with Crippen LogP contribution < -0.4 is 0 Å². The second-order valence-electron chi connectivity index (χ2n) is 4.91. The van der Waals surface area contributed by atoms with Crippen molar-refractivity contribution in [3.63, 3.8) is 0 Å². The Morgan fingerprint density at radius 2 is 1.43 bits per heavy atom. The van der Waals surface area contributed by atoms with Crippen molar-refractivity contribution >= 4 is 39.8 Å². The molecule has 0 bridgehead atoms. The monoisotopic (exact) mass is 360 g/mol. The molecule has 0 unspecified atom stereocenters. The molecule has 0 spiro atoms. The molecule has 0 aromatic heterocycles. The second-order valence-corrected chi connectivity index (χ2v) is 6.87. The quantitative estimate of drug-likeness (QED) is 0.223. The molecule has 0 aliphatic carbocycles. The van der Waals surface area contributed by atoms with Crippen LogP contribution in [0.5, 0.6) is 0 Å². The smallest absolute Gasteiger partial charge is 0.00723 e. The summed E-state index contributed by atoms with van der Waals surface area (Å²) in [5.41, 5.74) is 2.49. The maximum atomic E-state index is 3.47. The summed E-state index contributed by atoms with van der Waals surface area (Å²) in [5.74, 6) is 1.21. The van der Waals surface area contributed by atoms with Gasteiger partial charge in [-0.05, 0) is 41.9 Å². The van der Waals surface area contributed by atoms with Crippen LogP contribution in [0.4, 0.5) is 0 Å². The molecule has 0 fully saturated rings. The Bertz CT molecular complexity index is 531. The fourth-order valence-electron chi connectivity index (χ4n) is 2.00. The van der Waals surface area contributed by atoms with E-state index in [4.69, 9.17) is 0 Å². The van der Waals surface area contributed by atoms with Gasteiger partial charge in [-0.15, -0.1) is 11.8 Å². The molecule has 0 aliphatic rings. The highest BCUT2D eigenvalue weighted by Gasteiger charge is 1.95. The Kier molecular flexibility index (Phi) is 7.69. The Labute approximate surface area is 140 Å². The Balaban J connectivity index is 1.80. The van der Waals surface area contributed by atoms with Gasteiger partial charge in [0.15, 0.2) is 0 Å². The van der Waals surface area contributed by atoms with E-state index in [1.165, 1.54) is 41.0 Å². The fourth-order valence-corrected chi connectivity index (χ4v) is 3.30. The predicted octanol–water partition coefficient (Wildman–Crippen LogP) is 6.51. The first-order chi connectivity index (χ1) is 10.4. The lowest BCUT2D eigenvalue weighted by atomic mass is 10.1. The van der Waals surface area contributed by atoms with Crippen molar-refractivity contribution < 1.29 is 0 Å². The van der Waals surface area contributed by atoms with Gasteiger partial charge in [-0.25, -0.2) is 0 Å². The zero-order valence-electron chi connectivity index (χ0n) is 12.2. The van der Waals surface area contributed by atoms with Crippen LogP contribution in [0.25, 0.3) is 12.2 Å². The molecule has 0 nitrogen and oxygen atoms in total. The minimum atomic E-state index is 1.13. The molecule has 110 valence electrons. The van der Waals surface area contributed by atoms with E-state index in [0.717, 1.165) is 5.33 Å². The van der Waals surface area contributed by atoms with Crippen LogP contribution in [0.2, 0.25) is 0 Å². The van der Waals surface area contributed by atoms with Gasteiger partial charge >= 0.3 is 0 Å². The van der Waals surface area contributed by atoms with Gasteiger partial charge in [0, 0.05) is 10.2 Å². The summed E-state index contributed by atoms with van der Waals surface area (Å²) in [6.07, 6.45) is 8.22. The minimum Gasteiger partial charge on any atom is -0.126 e. The predicted molar refractivity (Wildman–Crippen MR) is 100 cm³/mol. The Hall–Kier alpha value is -0.990. The van der Waals surface area contributed by atoms with E-state index >= 15 is 0 Å². The molecule has 2 rings (SSSR count). The van der Waals surface area contributed by atoms with Crippen molar-refractivity contribution in [2.45, 2.75) is 24.2 Å². The number of rotatable bonds is 8. The molecule has 2 heteroatoms. The first-order valence-corrected chi connectivity index (χ1v) is 9.51. The van der Waals surface area contributed by atoms with E-state index in [-0.39, 0.29) is 0 Å². The summed E-state index contributed by atoms with van der Waals surface area (Å²) >= 11 is 5.43. The van der Waals surface area contributed by atoms with Crippen LogP contribution in [0.1, 0.15) is 30.4 Å². The highest BCUT2D eigenvalue weighted by atomic mass is 79.9. The Morgan fingerprint density at radius 3 is 2.10 bits per heavy atom. The lowest BCUT2D eigenvalue weighted by Gasteiger charge is -2.02. The van der Waals surface area contributed by atoms with Gasteiger partial charge in [0.05, 0.1) is 0 Å². The third-order valence-corrected chi connectivity index (χ3v) is 4.85. The summed E-state index contributed by atoms with van der Waals surface area (Å²) in [5, 5.41) is 1.13. The highest BCUT2D eigenvalue weighted by molar-refractivity contribution is 9.09. The normalized spacial score (nSPS) is 11.1. The average molecular weight is 361 g/mol. The van der Waals surface area contributed by atoms with Gasteiger partial charge in [-0.1, -0.05) is 77.0 Å². The fraction of sp³-hybridized carbons (Fsp3) is 0.263. The zero-order valence-corrected chi connectivity index (χ0v) is 14.6. The van der Waals surface area contributed by atoms with Crippen LogP contribution in [0.3, 0.4) is 0 Å². The first kappa shape index (κ1) is 16.4. The van der Waals surface area contributed by atoms with Crippen LogP contribution in [-0.2, 0) is 0 Å². The number of alkyl halides is 1. The number of hydrogen-bond acceptors (Lipinski definition) is 1. The van der Waals surface area contributed by atoms with Gasteiger partial charge in [0.2, 0.25) is 0 Å². The number of halogens is 1. The number of benzene rings is 2. The summed E-state index contributed by atoms with van der Waals surface area (Å²) < 4.78 is 0. The Morgan fingerprint density at radius 1 is 0.762 bits per heavy atom. The van der Waals surface area contributed by atoms with Crippen molar-refractivity contribution in [3.05, 3.63) is 65.7 Å². The van der Waals surface area contributed by atoms with Crippen molar-refractivity contribution in [2.24, 2.45) is 0 Å². The van der Waals surface area contributed by atoms with Crippen molar-refractivity contribution in [1.82, 2.24) is 0 Å². The molecule has 0 saturated heterocycles. The zero-order chi connectivity index (χ0) is 14.8. The summed E-state index contributed by atoms with van der Waals surface area (Å²) in [6, 6.07) is 19.2. The van der Waals surface area contributed by atoms with E-state index in [1.54, 1.807) is 0 Å². The molecule has 0 aliphatic heterocycles. The molecule has 21 heavy (non-hydrogen) atoms. The van der Waals surface area contributed by atoms with Gasteiger partial charge in [-0.2, -0.15) is 0 Å². The molecule has 0 amide bonds. The van der Waals surface area contributed by atoms with Crippen LogP contribution >= 0.6 is 27.7 Å².